The number of hydrogen-bond acceptors (Lipinski definition) is 13. The maximum atomic E-state index is 11.8. The second kappa shape index (κ2) is 13.7. The van der Waals surface area contributed by atoms with Gasteiger partial charge in [0.2, 0.25) is 0 Å². The smallest absolute Gasteiger partial charge is 0.346 e. The van der Waals surface area contributed by atoms with Crippen LogP contribution in [0.1, 0.15) is 20.8 Å². The van der Waals surface area contributed by atoms with E-state index in [2.05, 4.69) is 19.7 Å². The molecule has 3 aromatic carbocycles. The van der Waals surface area contributed by atoms with Crippen LogP contribution in [-0.4, -0.2) is 83.8 Å². The number of hydrogen-bond donors (Lipinski definition) is 5. The van der Waals surface area contributed by atoms with E-state index >= 15 is 0 Å². The number of benzene rings is 3. The molecule has 0 aliphatic heterocycles. The van der Waals surface area contributed by atoms with Gasteiger partial charge in [0.15, 0.2) is 35.8 Å². The lowest BCUT2D eigenvalue weighted by Crippen LogP contribution is -2.24. The van der Waals surface area contributed by atoms with Crippen molar-refractivity contribution in [2.45, 2.75) is 39.1 Å². The summed E-state index contributed by atoms with van der Waals surface area (Å²) in [5, 5.41) is 50.8. The number of phenolic OH excluding ortho intramolecular Hbond substituents is 3. The molecule has 5 N–H and O–H groups in total. The molecule has 0 fully saturated rings. The molecule has 4 rings (SSSR count). The Bertz CT molecular complexity index is 1710. The second-order valence-corrected chi connectivity index (χ2v) is 9.82. The summed E-state index contributed by atoms with van der Waals surface area (Å²) in [6.07, 6.45) is -3.35. The minimum absolute atomic E-state index is 0.0592. The highest BCUT2D eigenvalue weighted by Gasteiger charge is 2.22. The van der Waals surface area contributed by atoms with Crippen LogP contribution >= 0.6 is 0 Å². The summed E-state index contributed by atoms with van der Waals surface area (Å²) in [6.45, 7) is 4.11. The fraction of sp³-hybridized carbons (Fsp3) is 0.226. The van der Waals surface area contributed by atoms with E-state index in [1.54, 1.807) is 0 Å². The molecule has 0 amide bonds. The van der Waals surface area contributed by atoms with E-state index in [1.807, 2.05) is 0 Å². The molecule has 0 spiro atoms. The van der Waals surface area contributed by atoms with E-state index in [1.165, 1.54) is 82.5 Å². The van der Waals surface area contributed by atoms with Crippen molar-refractivity contribution < 1.29 is 58.9 Å². The molecule has 240 valence electrons. The van der Waals surface area contributed by atoms with Crippen LogP contribution in [0.5, 0.6) is 34.5 Å². The predicted molar refractivity (Wildman–Crippen MR) is 159 cm³/mol. The summed E-state index contributed by atoms with van der Waals surface area (Å²) in [4.78, 5) is 47.3. The number of rotatable bonds is 12. The van der Waals surface area contributed by atoms with Crippen molar-refractivity contribution in [3.63, 3.8) is 0 Å². The predicted octanol–water partition coefficient (Wildman–Crippen LogP) is 3.63. The van der Waals surface area contributed by atoms with Gasteiger partial charge in [0, 0.05) is 18.2 Å². The first-order valence-electron chi connectivity index (χ1n) is 13.6. The Morgan fingerprint density at radius 1 is 0.565 bits per heavy atom. The molecule has 0 aliphatic carbocycles. The highest BCUT2D eigenvalue weighted by molar-refractivity contribution is 5.76. The number of nitrogens with zero attached hydrogens (tertiary/aromatic N) is 3. The summed E-state index contributed by atoms with van der Waals surface area (Å²) in [5.74, 6) is -4.18. The normalized spacial score (nSPS) is 12.8. The summed E-state index contributed by atoms with van der Waals surface area (Å²) in [5.41, 5.74) is 0.232. The first-order chi connectivity index (χ1) is 21.8. The van der Waals surface area contributed by atoms with Gasteiger partial charge in [-0.25, -0.2) is 29.3 Å². The second-order valence-electron chi connectivity index (χ2n) is 9.82. The van der Waals surface area contributed by atoms with Gasteiger partial charge < -0.3 is 44.5 Å². The largest absolute Gasteiger partial charge is 0.507 e. The minimum atomic E-state index is -1.21. The molecule has 1 heterocycles. The number of carbonyl (C=O) groups excluding carboxylic acids is 1. The van der Waals surface area contributed by atoms with Crippen molar-refractivity contribution in [1.82, 2.24) is 15.0 Å². The van der Waals surface area contributed by atoms with Crippen molar-refractivity contribution >= 4 is 17.9 Å². The first kappa shape index (κ1) is 32.8. The fourth-order valence-electron chi connectivity index (χ4n) is 3.99. The summed E-state index contributed by atoms with van der Waals surface area (Å²) < 4.78 is 20.8. The van der Waals surface area contributed by atoms with Crippen LogP contribution in [0.25, 0.3) is 34.2 Å². The number of carboxylic acid groups (broad SMARTS) is 2. The monoisotopic (exact) mass is 635 g/mol. The standard InChI is InChI=1S/C31H29N3O12/c1-14(29(38)39)44-17-5-8-20(23(35)11-17)26-32-27(21-9-6-18(12-24(21)36)45-15(2)30(40)41)34-28(33-26)22-10-7-19(13-25(22)37)46-16(3)31(42)43-4/h5-16,35-37H,1-4H3,(H,38,39)(H,40,41). The Kier molecular flexibility index (Phi) is 9.74. The third-order valence-corrected chi connectivity index (χ3v) is 6.43. The number of methoxy groups -OCH3 is 1. The minimum Gasteiger partial charge on any atom is -0.507 e. The lowest BCUT2D eigenvalue weighted by molar-refractivity contribution is -0.148. The van der Waals surface area contributed by atoms with E-state index in [0.29, 0.717) is 0 Å². The Hall–Kier alpha value is -6.12. The molecule has 0 radical (unpaired) electrons. The number of ether oxygens (including phenoxy) is 4. The summed E-state index contributed by atoms with van der Waals surface area (Å²) in [6, 6.07) is 12.0. The Morgan fingerprint density at radius 2 is 0.870 bits per heavy atom. The maximum Gasteiger partial charge on any atom is 0.346 e. The number of aromatic hydroxyl groups is 3. The van der Waals surface area contributed by atoms with Gasteiger partial charge >= 0.3 is 17.9 Å². The van der Waals surface area contributed by atoms with Crippen LogP contribution in [0.15, 0.2) is 54.6 Å². The van der Waals surface area contributed by atoms with Gasteiger partial charge in [-0.05, 0) is 57.2 Å². The lowest BCUT2D eigenvalue weighted by Gasteiger charge is -2.15. The number of aromatic nitrogens is 3. The average Bonchev–Trinajstić information content (AvgIpc) is 3.00. The zero-order valence-electron chi connectivity index (χ0n) is 24.9. The molecule has 4 aromatic rings. The molecular formula is C31H29N3O12. The van der Waals surface area contributed by atoms with Crippen molar-refractivity contribution in [2.75, 3.05) is 7.11 Å². The van der Waals surface area contributed by atoms with E-state index in [4.69, 9.17) is 24.4 Å². The number of phenols is 3. The molecule has 0 bridgehead atoms. The zero-order valence-corrected chi connectivity index (χ0v) is 24.9. The lowest BCUT2D eigenvalue weighted by atomic mass is 10.1. The molecule has 15 heteroatoms. The van der Waals surface area contributed by atoms with E-state index < -0.39 is 36.2 Å². The Morgan fingerprint density at radius 3 is 1.13 bits per heavy atom. The first-order valence-corrected chi connectivity index (χ1v) is 13.6. The maximum absolute atomic E-state index is 11.8. The highest BCUT2D eigenvalue weighted by atomic mass is 16.6. The van der Waals surface area contributed by atoms with Gasteiger partial charge in [-0.3, -0.25) is 0 Å². The summed E-state index contributed by atoms with van der Waals surface area (Å²) >= 11 is 0. The quantitative estimate of drug-likeness (QED) is 0.140. The van der Waals surface area contributed by atoms with Gasteiger partial charge in [-0.15, -0.1) is 0 Å². The number of carbonyl (C=O) groups is 3. The van der Waals surface area contributed by atoms with Crippen LogP contribution in [0.4, 0.5) is 0 Å². The fourth-order valence-corrected chi connectivity index (χ4v) is 3.99. The van der Waals surface area contributed by atoms with Crippen LogP contribution in [0, 0.1) is 0 Å². The van der Waals surface area contributed by atoms with Crippen LogP contribution in [0.2, 0.25) is 0 Å². The van der Waals surface area contributed by atoms with Crippen molar-refractivity contribution in [2.24, 2.45) is 0 Å². The summed E-state index contributed by atoms with van der Waals surface area (Å²) in [7, 11) is 1.21. The molecule has 0 aliphatic rings. The number of carboxylic acids is 2. The molecule has 46 heavy (non-hydrogen) atoms. The van der Waals surface area contributed by atoms with Crippen LogP contribution < -0.4 is 14.2 Å². The number of aliphatic carboxylic acids is 2. The molecule has 0 saturated heterocycles. The third-order valence-electron chi connectivity index (χ3n) is 6.43. The molecular weight excluding hydrogens is 606 g/mol. The zero-order chi connectivity index (χ0) is 33.7. The van der Waals surface area contributed by atoms with E-state index in [9.17, 15) is 29.7 Å². The van der Waals surface area contributed by atoms with Gasteiger partial charge in [-0.2, -0.15) is 0 Å². The van der Waals surface area contributed by atoms with Gasteiger partial charge in [-0.1, -0.05) is 0 Å². The molecule has 3 atom stereocenters. The van der Waals surface area contributed by atoms with E-state index in [0.717, 1.165) is 0 Å². The van der Waals surface area contributed by atoms with Crippen molar-refractivity contribution in [1.29, 1.82) is 0 Å². The van der Waals surface area contributed by atoms with Crippen LogP contribution in [0.3, 0.4) is 0 Å². The SMILES string of the molecule is COC(=O)C(C)Oc1ccc(-c2nc(-c3ccc(OC(C)C(=O)O)cc3O)nc(-c3ccc(OC(C)C(=O)O)cc3O)n2)c(O)c1. The Balaban J connectivity index is 1.81. The third kappa shape index (κ3) is 7.50. The highest BCUT2D eigenvalue weighted by Crippen LogP contribution is 2.38. The average molecular weight is 636 g/mol. The van der Waals surface area contributed by atoms with Crippen molar-refractivity contribution in [3.05, 3.63) is 54.6 Å². The Labute approximate surface area is 261 Å². The van der Waals surface area contributed by atoms with E-state index in [-0.39, 0.29) is 68.7 Å². The van der Waals surface area contributed by atoms with Gasteiger partial charge in [0.25, 0.3) is 0 Å². The molecule has 0 saturated carbocycles. The van der Waals surface area contributed by atoms with Gasteiger partial charge in [0.05, 0.1) is 23.8 Å². The molecule has 1 aromatic heterocycles. The number of esters is 1. The van der Waals surface area contributed by atoms with Crippen LogP contribution in [-0.2, 0) is 19.1 Å². The topological polar surface area (TPSA) is 228 Å². The molecule has 15 nitrogen and oxygen atoms in total. The van der Waals surface area contributed by atoms with Crippen molar-refractivity contribution in [3.8, 4) is 68.7 Å². The molecule has 3 unspecified atom stereocenters. The van der Waals surface area contributed by atoms with Gasteiger partial charge in [0.1, 0.15) is 34.5 Å².